The number of rotatable bonds is 6. The van der Waals surface area contributed by atoms with Crippen LogP contribution in [-0.4, -0.2) is 39.8 Å². The summed E-state index contributed by atoms with van der Waals surface area (Å²) in [7, 11) is 1.72. The fourth-order valence-corrected chi connectivity index (χ4v) is 4.69. The fourth-order valence-electron chi connectivity index (χ4n) is 4.35. The van der Waals surface area contributed by atoms with Crippen molar-refractivity contribution in [2.75, 3.05) is 20.3 Å². The molecule has 1 aliphatic heterocycles. The predicted molar refractivity (Wildman–Crippen MR) is 127 cm³/mol. The van der Waals surface area contributed by atoms with E-state index >= 15 is 0 Å². The minimum absolute atomic E-state index is 0.000907. The molecule has 0 unspecified atom stereocenters. The molecular weight excluding hydrogens is 404 g/mol. The van der Waals surface area contributed by atoms with Crippen molar-refractivity contribution in [3.05, 3.63) is 96.6 Å². The fraction of sp³-hybridized carbons (Fsp3) is 0.200. The third kappa shape index (κ3) is 3.69. The zero-order chi connectivity index (χ0) is 21.2. The number of methoxy groups -OCH3 is 1. The van der Waals surface area contributed by atoms with E-state index in [-0.39, 0.29) is 12.1 Å². The Morgan fingerprint density at radius 1 is 1.00 bits per heavy atom. The molecule has 0 aliphatic carbocycles. The summed E-state index contributed by atoms with van der Waals surface area (Å²) >= 11 is 5.73. The summed E-state index contributed by atoms with van der Waals surface area (Å²) in [5.74, 6) is 0. The van der Waals surface area contributed by atoms with Gasteiger partial charge in [-0.15, -0.1) is 0 Å². The van der Waals surface area contributed by atoms with Gasteiger partial charge in [0.2, 0.25) is 0 Å². The van der Waals surface area contributed by atoms with E-state index < -0.39 is 0 Å². The summed E-state index contributed by atoms with van der Waals surface area (Å²) in [5.41, 5.74) is 3.26. The summed E-state index contributed by atoms with van der Waals surface area (Å²) in [4.78, 5) is 6.84. The Bertz CT molecular complexity index is 1210. The minimum atomic E-state index is -0.0420. The molecule has 0 amide bonds. The van der Waals surface area contributed by atoms with Crippen LogP contribution >= 0.6 is 12.2 Å². The average molecular weight is 429 g/mol. The standard InChI is InChI=1S/C25H24N4OS/c1-30-16-15-29-24(23(27-25(29)31)21-9-4-5-13-26-21)22-10-6-14-28(22)20-12-11-18-7-2-3-8-19(18)17-20/h2-14,17,23-24H,15-16H2,1H3,(H,27,31)/t23-,24+/m0/s1. The second kappa shape index (κ2) is 8.49. The summed E-state index contributed by atoms with van der Waals surface area (Å²) in [6, 6.07) is 25.2. The molecule has 0 spiro atoms. The van der Waals surface area contributed by atoms with Gasteiger partial charge in [0.15, 0.2) is 5.11 Å². The Morgan fingerprint density at radius 3 is 2.65 bits per heavy atom. The van der Waals surface area contributed by atoms with Crippen LogP contribution in [0.5, 0.6) is 0 Å². The quantitative estimate of drug-likeness (QED) is 0.453. The largest absolute Gasteiger partial charge is 0.383 e. The van der Waals surface area contributed by atoms with Crippen LogP contribution in [0.4, 0.5) is 0 Å². The Balaban J connectivity index is 1.60. The number of hydrogen-bond donors (Lipinski definition) is 1. The molecular formula is C25H24N4OS. The molecule has 2 aromatic carbocycles. The van der Waals surface area contributed by atoms with Gasteiger partial charge in [-0.05, 0) is 59.4 Å². The Kier molecular flexibility index (Phi) is 5.40. The van der Waals surface area contributed by atoms with Crippen molar-refractivity contribution in [1.29, 1.82) is 0 Å². The third-order valence-corrected chi connectivity index (χ3v) is 6.18. The van der Waals surface area contributed by atoms with Crippen LogP contribution in [0.25, 0.3) is 16.5 Å². The predicted octanol–water partition coefficient (Wildman–Crippen LogP) is 4.64. The van der Waals surface area contributed by atoms with E-state index in [2.05, 4.69) is 86.6 Å². The van der Waals surface area contributed by atoms with E-state index in [0.29, 0.717) is 13.2 Å². The molecule has 4 aromatic rings. The van der Waals surface area contributed by atoms with Crippen LogP contribution in [-0.2, 0) is 4.74 Å². The molecule has 5 nitrogen and oxygen atoms in total. The third-order valence-electron chi connectivity index (χ3n) is 5.83. The molecule has 1 saturated heterocycles. The van der Waals surface area contributed by atoms with Gasteiger partial charge < -0.3 is 19.5 Å². The average Bonchev–Trinajstić information content (AvgIpc) is 3.42. The van der Waals surface area contributed by atoms with Crippen molar-refractivity contribution in [3.63, 3.8) is 0 Å². The number of hydrogen-bond acceptors (Lipinski definition) is 3. The van der Waals surface area contributed by atoms with Gasteiger partial charge in [-0.3, -0.25) is 4.98 Å². The Labute approximate surface area is 187 Å². The second-order valence-corrected chi connectivity index (χ2v) is 8.03. The van der Waals surface area contributed by atoms with Gasteiger partial charge >= 0.3 is 0 Å². The first kappa shape index (κ1) is 19.7. The first-order chi connectivity index (χ1) is 15.3. The maximum Gasteiger partial charge on any atom is 0.170 e. The molecule has 5 rings (SSSR count). The molecule has 0 bridgehead atoms. The topological polar surface area (TPSA) is 42.3 Å². The highest BCUT2D eigenvalue weighted by atomic mass is 32.1. The maximum absolute atomic E-state index is 5.73. The maximum atomic E-state index is 5.73. The molecule has 1 aliphatic rings. The molecule has 156 valence electrons. The van der Waals surface area contributed by atoms with Gasteiger partial charge in [0.1, 0.15) is 0 Å². The van der Waals surface area contributed by atoms with Crippen molar-refractivity contribution in [3.8, 4) is 5.69 Å². The van der Waals surface area contributed by atoms with Crippen molar-refractivity contribution in [1.82, 2.24) is 19.8 Å². The van der Waals surface area contributed by atoms with Crippen molar-refractivity contribution in [2.45, 2.75) is 12.1 Å². The molecule has 0 radical (unpaired) electrons. The number of nitrogens with one attached hydrogen (secondary N) is 1. The summed E-state index contributed by atoms with van der Waals surface area (Å²) in [6.07, 6.45) is 3.95. The number of benzene rings is 2. The number of thiocarbonyl (C=S) groups is 1. The molecule has 3 heterocycles. The highest BCUT2D eigenvalue weighted by Crippen LogP contribution is 2.39. The smallest absolute Gasteiger partial charge is 0.170 e. The number of aromatic nitrogens is 2. The molecule has 6 heteroatoms. The SMILES string of the molecule is COCCN1C(=S)N[C@@H](c2ccccn2)[C@H]1c1cccn1-c1ccc2ccccc2c1. The van der Waals surface area contributed by atoms with E-state index in [1.807, 2.05) is 18.3 Å². The van der Waals surface area contributed by atoms with Crippen LogP contribution in [0, 0.1) is 0 Å². The first-order valence-electron chi connectivity index (χ1n) is 10.4. The molecule has 2 atom stereocenters. The number of nitrogens with zero attached hydrogens (tertiary/aromatic N) is 3. The lowest BCUT2D eigenvalue weighted by Crippen LogP contribution is -2.33. The zero-order valence-electron chi connectivity index (χ0n) is 17.3. The van der Waals surface area contributed by atoms with Crippen molar-refractivity contribution < 1.29 is 4.74 Å². The van der Waals surface area contributed by atoms with Crippen LogP contribution in [0.2, 0.25) is 0 Å². The molecule has 1 N–H and O–H groups in total. The van der Waals surface area contributed by atoms with Gasteiger partial charge in [0.25, 0.3) is 0 Å². The van der Waals surface area contributed by atoms with Gasteiger partial charge in [0.05, 0.1) is 24.4 Å². The van der Waals surface area contributed by atoms with E-state index in [0.717, 1.165) is 22.2 Å². The van der Waals surface area contributed by atoms with Gasteiger partial charge in [-0.2, -0.15) is 0 Å². The van der Waals surface area contributed by atoms with Crippen LogP contribution in [0.15, 0.2) is 85.2 Å². The lowest BCUT2D eigenvalue weighted by atomic mass is 10.0. The summed E-state index contributed by atoms with van der Waals surface area (Å²) < 4.78 is 7.62. The highest BCUT2D eigenvalue weighted by molar-refractivity contribution is 7.80. The lowest BCUT2D eigenvalue weighted by Gasteiger charge is -2.28. The molecule has 31 heavy (non-hydrogen) atoms. The van der Waals surface area contributed by atoms with Crippen LogP contribution < -0.4 is 5.32 Å². The van der Waals surface area contributed by atoms with Gasteiger partial charge in [-0.25, -0.2) is 0 Å². The van der Waals surface area contributed by atoms with E-state index in [1.165, 1.54) is 10.8 Å². The lowest BCUT2D eigenvalue weighted by molar-refractivity contribution is 0.163. The van der Waals surface area contributed by atoms with Crippen LogP contribution in [0.3, 0.4) is 0 Å². The monoisotopic (exact) mass is 428 g/mol. The molecule has 0 saturated carbocycles. The zero-order valence-corrected chi connectivity index (χ0v) is 18.1. The number of ether oxygens (including phenoxy) is 1. The van der Waals surface area contributed by atoms with E-state index in [4.69, 9.17) is 17.0 Å². The first-order valence-corrected chi connectivity index (χ1v) is 10.8. The Hall–Kier alpha value is -3.22. The second-order valence-electron chi connectivity index (χ2n) is 7.65. The number of fused-ring (bicyclic) bond motifs is 1. The molecule has 1 fully saturated rings. The normalized spacial score (nSPS) is 18.5. The van der Waals surface area contributed by atoms with Crippen LogP contribution in [0.1, 0.15) is 23.5 Å². The van der Waals surface area contributed by atoms with Gasteiger partial charge in [0, 0.05) is 37.4 Å². The highest BCUT2D eigenvalue weighted by Gasteiger charge is 2.41. The van der Waals surface area contributed by atoms with Crippen molar-refractivity contribution >= 4 is 28.1 Å². The van der Waals surface area contributed by atoms with Gasteiger partial charge in [-0.1, -0.05) is 36.4 Å². The van der Waals surface area contributed by atoms with Crippen molar-refractivity contribution in [2.24, 2.45) is 0 Å². The summed E-state index contributed by atoms with van der Waals surface area (Å²) in [6.45, 7) is 1.31. The Morgan fingerprint density at radius 2 is 1.84 bits per heavy atom. The number of pyridine rings is 1. The van der Waals surface area contributed by atoms with E-state index in [1.54, 1.807) is 7.11 Å². The van der Waals surface area contributed by atoms with E-state index in [9.17, 15) is 0 Å². The molecule has 2 aromatic heterocycles. The minimum Gasteiger partial charge on any atom is -0.383 e. The summed E-state index contributed by atoms with van der Waals surface area (Å²) in [5, 5.41) is 6.68.